The number of carbonyl (C=O) groups is 1. The van der Waals surface area contributed by atoms with Gasteiger partial charge in [-0.1, -0.05) is 49.6 Å². The molecule has 2 aromatic carbocycles. The van der Waals surface area contributed by atoms with Crippen LogP contribution in [0, 0.1) is 6.92 Å². The zero-order valence-corrected chi connectivity index (χ0v) is 27.3. The Labute approximate surface area is 259 Å². The summed E-state index contributed by atoms with van der Waals surface area (Å²) in [6, 6.07) is 10.3. The molecule has 1 N–H and O–H groups in total. The number of aromatic nitrogens is 1. The van der Waals surface area contributed by atoms with E-state index in [9.17, 15) is 13.2 Å². The molecule has 0 radical (unpaired) electrons. The predicted molar refractivity (Wildman–Crippen MR) is 173 cm³/mol. The second-order valence-electron chi connectivity index (χ2n) is 10.2. The number of anilines is 1. The third-order valence-corrected chi connectivity index (χ3v) is 10.8. The van der Waals surface area contributed by atoms with E-state index >= 15 is 0 Å². The highest BCUT2D eigenvalue weighted by Crippen LogP contribution is 2.33. The molecule has 1 fully saturated rings. The summed E-state index contributed by atoms with van der Waals surface area (Å²) in [5.41, 5.74) is 2.46. The van der Waals surface area contributed by atoms with E-state index in [1.165, 1.54) is 0 Å². The average Bonchev–Trinajstić information content (AvgIpc) is 3.40. The van der Waals surface area contributed by atoms with Crippen molar-refractivity contribution in [2.45, 2.75) is 51.3 Å². The van der Waals surface area contributed by atoms with Crippen LogP contribution in [-0.4, -0.2) is 80.9 Å². The van der Waals surface area contributed by atoms with Crippen LogP contribution in [0.1, 0.15) is 55.5 Å². The lowest BCUT2D eigenvalue weighted by Gasteiger charge is -2.34. The fourth-order valence-corrected chi connectivity index (χ4v) is 7.51. The zero-order chi connectivity index (χ0) is 28.7. The summed E-state index contributed by atoms with van der Waals surface area (Å²) < 4.78 is 29.1. The number of halogens is 2. The molecule has 41 heavy (non-hydrogen) atoms. The molecule has 1 aliphatic heterocycles. The van der Waals surface area contributed by atoms with Crippen LogP contribution in [0.3, 0.4) is 0 Å². The molecule has 0 aliphatic carbocycles. The van der Waals surface area contributed by atoms with Crippen molar-refractivity contribution in [3.8, 4) is 0 Å². The minimum atomic E-state index is -3.57. The molecule has 226 valence electrons. The first kappa shape index (κ1) is 33.6. The van der Waals surface area contributed by atoms with E-state index in [1.54, 1.807) is 39.9 Å². The Morgan fingerprint density at radius 1 is 1.02 bits per heavy atom. The number of fused-ring (bicyclic) bond motifs is 1. The van der Waals surface area contributed by atoms with Gasteiger partial charge in [0.2, 0.25) is 10.0 Å². The van der Waals surface area contributed by atoms with Crippen LogP contribution >= 0.6 is 35.3 Å². The second-order valence-corrected chi connectivity index (χ2v) is 13.6. The van der Waals surface area contributed by atoms with E-state index in [0.29, 0.717) is 25.2 Å². The van der Waals surface area contributed by atoms with E-state index in [2.05, 4.69) is 29.0 Å². The Bertz CT molecular complexity index is 1380. The Hall–Kier alpha value is -1.95. The molecule has 1 amide bonds. The first-order chi connectivity index (χ1) is 19.2. The Morgan fingerprint density at radius 2 is 1.66 bits per heavy atom. The maximum absolute atomic E-state index is 13.2. The summed E-state index contributed by atoms with van der Waals surface area (Å²) in [5, 5.41) is 4.75. The zero-order valence-electron chi connectivity index (χ0n) is 24.1. The first-order valence-corrected chi connectivity index (χ1v) is 16.8. The van der Waals surface area contributed by atoms with Crippen molar-refractivity contribution < 1.29 is 13.2 Å². The van der Waals surface area contributed by atoms with Gasteiger partial charge in [-0.25, -0.2) is 13.4 Å². The molecule has 2 heterocycles. The number of hydrogen-bond donors (Lipinski definition) is 1. The molecule has 0 atom stereocenters. The maximum atomic E-state index is 13.2. The van der Waals surface area contributed by atoms with Crippen LogP contribution < -0.4 is 10.2 Å². The molecule has 0 spiro atoms. The topological polar surface area (TPSA) is 85.8 Å². The van der Waals surface area contributed by atoms with Crippen molar-refractivity contribution in [3.05, 3.63) is 52.5 Å². The summed E-state index contributed by atoms with van der Waals surface area (Å²) in [5.74, 6) is -0.195. The molecule has 1 saturated heterocycles. The molecule has 12 heteroatoms. The number of aryl methyl sites for hydroxylation is 1. The van der Waals surface area contributed by atoms with Crippen molar-refractivity contribution in [1.82, 2.24) is 19.5 Å². The van der Waals surface area contributed by atoms with Crippen molar-refractivity contribution in [2.75, 3.05) is 57.3 Å². The number of hydrogen-bond acceptors (Lipinski definition) is 7. The van der Waals surface area contributed by atoms with Crippen LogP contribution in [0.4, 0.5) is 5.13 Å². The van der Waals surface area contributed by atoms with Gasteiger partial charge in [0.15, 0.2) is 5.13 Å². The third kappa shape index (κ3) is 8.33. The van der Waals surface area contributed by atoms with E-state index in [-0.39, 0.29) is 23.2 Å². The van der Waals surface area contributed by atoms with Gasteiger partial charge in [0.25, 0.3) is 5.91 Å². The van der Waals surface area contributed by atoms with Crippen LogP contribution in [0.25, 0.3) is 10.2 Å². The lowest BCUT2D eigenvalue weighted by molar-refractivity contribution is 0.0947. The summed E-state index contributed by atoms with van der Waals surface area (Å²) in [6.45, 7) is 12.0. The molecule has 0 bridgehead atoms. The third-order valence-electron chi connectivity index (χ3n) is 7.37. The van der Waals surface area contributed by atoms with Gasteiger partial charge in [-0.2, -0.15) is 4.31 Å². The van der Waals surface area contributed by atoms with Crippen LogP contribution in [0.2, 0.25) is 5.02 Å². The molecular weight excluding hydrogens is 601 g/mol. The smallest absolute Gasteiger partial charge is 0.251 e. The van der Waals surface area contributed by atoms with Gasteiger partial charge < -0.3 is 10.2 Å². The predicted octanol–water partition coefficient (Wildman–Crippen LogP) is 5.82. The summed E-state index contributed by atoms with van der Waals surface area (Å²) >= 11 is 7.96. The maximum Gasteiger partial charge on any atom is 0.251 e. The number of sulfonamides is 1. The largest absolute Gasteiger partial charge is 0.351 e. The van der Waals surface area contributed by atoms with E-state index in [1.807, 2.05) is 19.1 Å². The number of nitrogens with zero attached hydrogens (tertiary/aromatic N) is 4. The van der Waals surface area contributed by atoms with Crippen molar-refractivity contribution in [3.63, 3.8) is 0 Å². The number of carbonyl (C=O) groups excluding carboxylic acids is 1. The fourth-order valence-electron chi connectivity index (χ4n) is 4.76. The number of amides is 1. The molecule has 0 saturated carbocycles. The van der Waals surface area contributed by atoms with Crippen molar-refractivity contribution in [1.29, 1.82) is 0 Å². The number of piperazine rings is 1. The van der Waals surface area contributed by atoms with Crippen LogP contribution in [0.5, 0.6) is 0 Å². The molecule has 4 rings (SSSR count). The molecule has 3 aromatic rings. The van der Waals surface area contributed by atoms with Gasteiger partial charge >= 0.3 is 0 Å². The van der Waals surface area contributed by atoms with E-state index in [0.717, 1.165) is 84.3 Å². The van der Waals surface area contributed by atoms with Crippen LogP contribution in [0.15, 0.2) is 41.3 Å². The highest BCUT2D eigenvalue weighted by atomic mass is 35.5. The Morgan fingerprint density at radius 3 is 2.27 bits per heavy atom. The number of nitrogens with one attached hydrogen (secondary N) is 1. The summed E-state index contributed by atoms with van der Waals surface area (Å²) in [7, 11) is -3.57. The second kappa shape index (κ2) is 15.5. The van der Waals surface area contributed by atoms with Gasteiger partial charge in [-0.15, -0.1) is 12.4 Å². The lowest BCUT2D eigenvalue weighted by atomic mass is 10.2. The normalized spacial score (nSPS) is 14.4. The molecule has 1 aliphatic rings. The van der Waals surface area contributed by atoms with Gasteiger partial charge in [0, 0.05) is 62.9 Å². The highest BCUT2D eigenvalue weighted by Gasteiger charge is 2.24. The number of unbranched alkanes of at least 4 members (excludes halogenated alkanes) is 2. The molecule has 0 unspecified atom stereocenters. The van der Waals surface area contributed by atoms with Crippen molar-refractivity contribution in [2.24, 2.45) is 0 Å². The minimum Gasteiger partial charge on any atom is -0.351 e. The SMILES string of the molecule is CCCCN(CCCC)S(=O)(=O)c1ccc(C(=O)NCCN2CCN(c3nc4c(C)c(Cl)ccc4s3)CC2)cc1.Cl. The van der Waals surface area contributed by atoms with E-state index < -0.39 is 10.0 Å². The van der Waals surface area contributed by atoms with E-state index in [4.69, 9.17) is 16.6 Å². The van der Waals surface area contributed by atoms with Gasteiger partial charge in [0.1, 0.15) is 0 Å². The number of rotatable bonds is 13. The summed E-state index contributed by atoms with van der Waals surface area (Å²) in [6.07, 6.45) is 3.53. The minimum absolute atomic E-state index is 0. The summed E-state index contributed by atoms with van der Waals surface area (Å²) in [4.78, 5) is 22.5. The lowest BCUT2D eigenvalue weighted by Crippen LogP contribution is -2.48. The van der Waals surface area contributed by atoms with Crippen molar-refractivity contribution >= 4 is 66.6 Å². The Kier molecular flexibility index (Phi) is 12.7. The number of thiazole rings is 1. The average molecular weight is 643 g/mol. The molecular formula is C29H41Cl2N5O3S2. The quantitative estimate of drug-likeness (QED) is 0.253. The number of benzene rings is 2. The Balaban J connectivity index is 0.00000462. The van der Waals surface area contributed by atoms with Gasteiger partial charge in [-0.3, -0.25) is 9.69 Å². The molecule has 8 nitrogen and oxygen atoms in total. The van der Waals surface area contributed by atoms with Gasteiger partial charge in [-0.05, 0) is 61.7 Å². The first-order valence-electron chi connectivity index (χ1n) is 14.2. The van der Waals surface area contributed by atoms with Crippen LogP contribution in [-0.2, 0) is 10.0 Å². The fraction of sp³-hybridized carbons (Fsp3) is 0.517. The standard InChI is InChI=1S/C29H40ClN5O3S2.ClH/c1-4-6-15-35(16-7-5-2)40(37,38)24-10-8-23(9-11-24)28(36)31-14-17-33-18-20-34(21-19-33)29-32-27-22(3)25(30)12-13-26(27)39-29;/h8-13H,4-7,14-21H2,1-3H3,(H,31,36);1H. The molecule has 1 aromatic heterocycles. The monoisotopic (exact) mass is 641 g/mol. The highest BCUT2D eigenvalue weighted by molar-refractivity contribution is 7.89. The van der Waals surface area contributed by atoms with Gasteiger partial charge in [0.05, 0.1) is 15.1 Å².